The molecule has 0 bridgehead atoms. The molecular formula is C24H32ClNO9. The molecule has 194 valence electrons. The first kappa shape index (κ1) is 30.5. The standard InChI is InChI=1S/C17H15ClO4.C7H17NO5/c1-17(2,16(20)21)22-14-9-5-12(6-10-14)15(19)11-3-7-13(18)8-4-11;1-8-2-4(10)6(12)7(13)5(11)3-9/h3-10H,1-2H3,(H,20,21);4-13H,2-3H2,1H3. The van der Waals surface area contributed by atoms with E-state index < -0.39 is 42.6 Å². The number of carboxylic acids is 1. The van der Waals surface area contributed by atoms with Gasteiger partial charge in [0, 0.05) is 16.1 Å². The fraction of sp³-hybridized carbons (Fsp3) is 0.417. The van der Waals surface area contributed by atoms with Gasteiger partial charge < -0.3 is 45.5 Å². The van der Waals surface area contributed by atoms with E-state index in [0.29, 0.717) is 21.9 Å². The molecule has 2 aromatic rings. The Morgan fingerprint density at radius 1 is 0.943 bits per heavy atom. The summed E-state index contributed by atoms with van der Waals surface area (Å²) >= 11 is 5.79. The van der Waals surface area contributed by atoms with Crippen LogP contribution in [0.3, 0.4) is 0 Å². The van der Waals surface area contributed by atoms with Crippen LogP contribution in [0.15, 0.2) is 48.5 Å². The van der Waals surface area contributed by atoms with Crippen molar-refractivity contribution >= 4 is 23.4 Å². The van der Waals surface area contributed by atoms with Crippen molar-refractivity contribution in [1.82, 2.24) is 0 Å². The van der Waals surface area contributed by atoms with Crippen molar-refractivity contribution < 1.29 is 50.3 Å². The van der Waals surface area contributed by atoms with Gasteiger partial charge in [-0.2, -0.15) is 0 Å². The summed E-state index contributed by atoms with van der Waals surface area (Å²) in [5.74, 6) is -1.11. The average molecular weight is 514 g/mol. The van der Waals surface area contributed by atoms with Gasteiger partial charge in [-0.25, -0.2) is 0 Å². The fourth-order valence-electron chi connectivity index (χ4n) is 2.72. The topological polar surface area (TPSA) is 184 Å². The fourth-order valence-corrected chi connectivity index (χ4v) is 2.85. The Morgan fingerprint density at radius 2 is 1.40 bits per heavy atom. The lowest BCUT2D eigenvalue weighted by atomic mass is 10.0. The number of aliphatic carboxylic acids is 1. The van der Waals surface area contributed by atoms with Gasteiger partial charge in [0.05, 0.1) is 19.6 Å². The van der Waals surface area contributed by atoms with E-state index in [0.717, 1.165) is 0 Å². The molecule has 7 N–H and O–H groups in total. The number of rotatable bonds is 11. The van der Waals surface area contributed by atoms with Gasteiger partial charge in [-0.15, -0.1) is 0 Å². The zero-order valence-electron chi connectivity index (χ0n) is 19.7. The molecule has 0 heterocycles. The quantitative estimate of drug-likeness (QED) is 0.187. The van der Waals surface area contributed by atoms with Crippen LogP contribution in [0.5, 0.6) is 5.75 Å². The summed E-state index contributed by atoms with van der Waals surface area (Å²) in [5, 5.41) is 58.1. The molecule has 0 fully saturated rings. The Labute approximate surface area is 208 Å². The van der Waals surface area contributed by atoms with Crippen molar-refractivity contribution in [2.75, 3.05) is 20.2 Å². The molecule has 4 atom stereocenters. The molecule has 0 aliphatic carbocycles. The third kappa shape index (κ3) is 9.54. The van der Waals surface area contributed by atoms with Crippen LogP contribution >= 0.6 is 11.6 Å². The predicted molar refractivity (Wildman–Crippen MR) is 125 cm³/mol. The van der Waals surface area contributed by atoms with Crippen LogP contribution in [-0.4, -0.2) is 87.5 Å². The van der Waals surface area contributed by atoms with Gasteiger partial charge >= 0.3 is 0 Å². The van der Waals surface area contributed by atoms with Gasteiger partial charge in [-0.3, -0.25) is 4.79 Å². The molecule has 2 rings (SSSR count). The highest BCUT2D eigenvalue weighted by atomic mass is 35.5. The lowest BCUT2D eigenvalue weighted by molar-refractivity contribution is -0.635. The summed E-state index contributed by atoms with van der Waals surface area (Å²) < 4.78 is 5.33. The Balaban J connectivity index is 0.000000405. The number of carbonyl (C=O) groups excluding carboxylic acids is 2. The molecule has 35 heavy (non-hydrogen) atoms. The third-order valence-corrected chi connectivity index (χ3v) is 5.14. The Bertz CT molecular complexity index is 935. The molecule has 0 aliphatic rings. The lowest BCUT2D eigenvalue weighted by Crippen LogP contribution is -2.83. The number of ketones is 1. The Hall–Kier alpha value is -2.57. The number of likely N-dealkylation sites (N-methyl/N-ethyl adjacent to an activating group) is 1. The Kier molecular flexibility index (Phi) is 12.3. The summed E-state index contributed by atoms with van der Waals surface area (Å²) in [6.45, 7) is 2.36. The van der Waals surface area contributed by atoms with E-state index in [1.54, 1.807) is 60.9 Å². The van der Waals surface area contributed by atoms with Gasteiger partial charge in [0.25, 0.3) is 0 Å². The van der Waals surface area contributed by atoms with Crippen LogP contribution in [0.1, 0.15) is 29.8 Å². The van der Waals surface area contributed by atoms with Crippen molar-refractivity contribution in [2.45, 2.75) is 43.9 Å². The zero-order chi connectivity index (χ0) is 26.8. The highest BCUT2D eigenvalue weighted by Crippen LogP contribution is 2.20. The summed E-state index contributed by atoms with van der Waals surface area (Å²) in [5.41, 5.74) is -0.448. The van der Waals surface area contributed by atoms with Crippen molar-refractivity contribution in [3.05, 3.63) is 64.7 Å². The summed E-state index contributed by atoms with van der Waals surface area (Å²) in [7, 11) is 1.70. The van der Waals surface area contributed by atoms with Gasteiger partial charge in [-0.1, -0.05) is 11.6 Å². The lowest BCUT2D eigenvalue weighted by Gasteiger charge is -2.27. The van der Waals surface area contributed by atoms with Gasteiger partial charge in [0.15, 0.2) is 5.78 Å². The first-order valence-corrected chi connectivity index (χ1v) is 11.1. The van der Waals surface area contributed by atoms with Crippen molar-refractivity contribution in [2.24, 2.45) is 0 Å². The molecule has 0 spiro atoms. The SMILES string of the molecule is CC(C)(Oc1ccc(C(=O)c2ccc(Cl)cc2)cc1)C(=O)[O-].C[NH2+]CC(O)C(O)C(O)C(O)CO. The van der Waals surface area contributed by atoms with E-state index in [9.17, 15) is 24.9 Å². The number of benzene rings is 2. The second-order valence-corrected chi connectivity index (χ2v) is 8.64. The molecule has 10 nitrogen and oxygen atoms in total. The molecule has 11 heteroatoms. The number of quaternary nitrogens is 1. The normalized spacial score (nSPS) is 14.7. The monoisotopic (exact) mass is 513 g/mol. The third-order valence-electron chi connectivity index (χ3n) is 4.89. The van der Waals surface area contributed by atoms with Crippen LogP contribution in [0.2, 0.25) is 5.02 Å². The van der Waals surface area contributed by atoms with E-state index in [4.69, 9.17) is 31.7 Å². The summed E-state index contributed by atoms with van der Waals surface area (Å²) in [6, 6.07) is 12.9. The zero-order valence-corrected chi connectivity index (χ0v) is 20.4. The summed E-state index contributed by atoms with van der Waals surface area (Å²) in [4.78, 5) is 23.2. The molecule has 0 amide bonds. The molecule has 0 aliphatic heterocycles. The first-order chi connectivity index (χ1) is 16.3. The number of hydrogen-bond acceptors (Lipinski definition) is 9. The van der Waals surface area contributed by atoms with Crippen LogP contribution in [0.25, 0.3) is 0 Å². The highest BCUT2D eigenvalue weighted by Gasteiger charge is 2.30. The van der Waals surface area contributed by atoms with Gasteiger partial charge in [-0.05, 0) is 62.4 Å². The highest BCUT2D eigenvalue weighted by molar-refractivity contribution is 6.30. The maximum absolute atomic E-state index is 12.3. The van der Waals surface area contributed by atoms with Crippen LogP contribution in [0.4, 0.5) is 0 Å². The minimum Gasteiger partial charge on any atom is -0.546 e. The summed E-state index contributed by atoms with van der Waals surface area (Å²) in [6.07, 6.45) is -5.53. The number of hydrogen-bond donors (Lipinski definition) is 6. The second kappa shape index (κ2) is 14.1. The van der Waals surface area contributed by atoms with E-state index >= 15 is 0 Å². The minimum atomic E-state index is -1.53. The van der Waals surface area contributed by atoms with Crippen LogP contribution in [-0.2, 0) is 4.79 Å². The van der Waals surface area contributed by atoms with E-state index in [-0.39, 0.29) is 12.3 Å². The van der Waals surface area contributed by atoms with Crippen LogP contribution in [0, 0.1) is 0 Å². The van der Waals surface area contributed by atoms with Crippen molar-refractivity contribution in [3.63, 3.8) is 0 Å². The number of carbonyl (C=O) groups is 2. The van der Waals surface area contributed by atoms with E-state index in [1.165, 1.54) is 13.8 Å². The molecule has 2 aromatic carbocycles. The number of halogens is 1. The smallest absolute Gasteiger partial charge is 0.193 e. The molecule has 0 saturated heterocycles. The number of ether oxygens (including phenoxy) is 1. The Morgan fingerprint density at radius 3 is 1.83 bits per heavy atom. The molecule has 0 saturated carbocycles. The molecule has 0 aromatic heterocycles. The van der Waals surface area contributed by atoms with Crippen LogP contribution < -0.4 is 15.2 Å². The molecule has 4 unspecified atom stereocenters. The number of aliphatic hydroxyl groups excluding tert-OH is 5. The second-order valence-electron chi connectivity index (χ2n) is 8.20. The van der Waals surface area contributed by atoms with E-state index in [2.05, 4.69) is 0 Å². The first-order valence-electron chi connectivity index (χ1n) is 10.8. The average Bonchev–Trinajstić information content (AvgIpc) is 2.83. The number of aliphatic hydroxyl groups is 5. The minimum absolute atomic E-state index is 0.151. The van der Waals surface area contributed by atoms with E-state index in [1.807, 2.05) is 0 Å². The molecular weight excluding hydrogens is 482 g/mol. The number of carboxylic acid groups (broad SMARTS) is 1. The van der Waals surface area contributed by atoms with Gasteiger partial charge in [0.2, 0.25) is 0 Å². The van der Waals surface area contributed by atoms with Crippen molar-refractivity contribution in [3.8, 4) is 5.75 Å². The molecule has 0 radical (unpaired) electrons. The van der Waals surface area contributed by atoms with Crippen molar-refractivity contribution in [1.29, 1.82) is 0 Å². The maximum atomic E-state index is 12.3. The maximum Gasteiger partial charge on any atom is 0.193 e. The van der Waals surface area contributed by atoms with Gasteiger partial charge in [0.1, 0.15) is 42.3 Å². The number of nitrogens with two attached hydrogens (primary N) is 1. The predicted octanol–water partition coefficient (Wildman–Crippen LogP) is -1.91. The largest absolute Gasteiger partial charge is 0.546 e.